The molecule has 130 valence electrons. The average molecular weight is 330 g/mol. The van der Waals surface area contributed by atoms with Gasteiger partial charge >= 0.3 is 0 Å². The van der Waals surface area contributed by atoms with Crippen LogP contribution >= 0.6 is 0 Å². The Bertz CT molecular complexity index is 693. The molecule has 1 heterocycles. The molecule has 0 aliphatic heterocycles. The number of carbonyl (C=O) groups is 2. The van der Waals surface area contributed by atoms with E-state index < -0.39 is 0 Å². The fourth-order valence-electron chi connectivity index (χ4n) is 2.56. The molecule has 1 aromatic heterocycles. The summed E-state index contributed by atoms with van der Waals surface area (Å²) in [5.41, 5.74) is 1.87. The largest absolute Gasteiger partial charge is 0.356 e. The lowest BCUT2D eigenvalue weighted by molar-refractivity contribution is -0.122. The molecule has 0 aliphatic rings. The molecule has 0 saturated carbocycles. The highest BCUT2D eigenvalue weighted by Crippen LogP contribution is 2.17. The molecule has 0 unspecified atom stereocenters. The molecule has 0 fully saturated rings. The molecular formula is C18H26N4O2. The third-order valence-electron chi connectivity index (χ3n) is 3.83. The van der Waals surface area contributed by atoms with E-state index in [2.05, 4.69) is 15.6 Å². The zero-order valence-corrected chi connectivity index (χ0v) is 14.5. The monoisotopic (exact) mass is 330 g/mol. The van der Waals surface area contributed by atoms with E-state index in [0.717, 1.165) is 36.1 Å². The number of para-hydroxylation sites is 2. The highest BCUT2D eigenvalue weighted by atomic mass is 16.2. The van der Waals surface area contributed by atoms with E-state index in [1.807, 2.05) is 42.7 Å². The summed E-state index contributed by atoms with van der Waals surface area (Å²) in [6.07, 6.45) is 2.93. The first kappa shape index (κ1) is 18.0. The Hall–Kier alpha value is -2.37. The van der Waals surface area contributed by atoms with Crippen LogP contribution in [-0.2, 0) is 22.6 Å². The first-order valence-electron chi connectivity index (χ1n) is 8.63. The van der Waals surface area contributed by atoms with Crippen molar-refractivity contribution in [3.8, 4) is 0 Å². The van der Waals surface area contributed by atoms with Gasteiger partial charge in [0.1, 0.15) is 12.4 Å². The van der Waals surface area contributed by atoms with Crippen molar-refractivity contribution < 1.29 is 9.59 Å². The van der Waals surface area contributed by atoms with Crippen molar-refractivity contribution in [3.63, 3.8) is 0 Å². The van der Waals surface area contributed by atoms with E-state index in [9.17, 15) is 9.59 Å². The Kier molecular flexibility index (Phi) is 6.78. The molecule has 1 aromatic carbocycles. The van der Waals surface area contributed by atoms with Crippen LogP contribution in [0.1, 0.15) is 38.9 Å². The van der Waals surface area contributed by atoms with Crippen molar-refractivity contribution in [2.75, 3.05) is 13.1 Å². The van der Waals surface area contributed by atoms with Gasteiger partial charge in [0.15, 0.2) is 0 Å². The van der Waals surface area contributed by atoms with Crippen LogP contribution in [0.3, 0.4) is 0 Å². The van der Waals surface area contributed by atoms with E-state index in [4.69, 9.17) is 0 Å². The average Bonchev–Trinajstić information content (AvgIpc) is 2.94. The summed E-state index contributed by atoms with van der Waals surface area (Å²) < 4.78 is 1.97. The molecule has 24 heavy (non-hydrogen) atoms. The lowest BCUT2D eigenvalue weighted by Crippen LogP contribution is -2.29. The molecule has 6 heteroatoms. The lowest BCUT2D eigenvalue weighted by atomic mass is 10.3. The van der Waals surface area contributed by atoms with Crippen LogP contribution < -0.4 is 10.6 Å². The Morgan fingerprint density at radius 3 is 2.58 bits per heavy atom. The number of imidazole rings is 1. The molecule has 0 atom stereocenters. The molecular weight excluding hydrogens is 304 g/mol. The quantitative estimate of drug-likeness (QED) is 0.691. The highest BCUT2D eigenvalue weighted by Gasteiger charge is 2.13. The second-order valence-corrected chi connectivity index (χ2v) is 5.76. The van der Waals surface area contributed by atoms with Gasteiger partial charge in [0, 0.05) is 25.9 Å². The molecule has 2 N–H and O–H groups in total. The van der Waals surface area contributed by atoms with E-state index in [1.54, 1.807) is 0 Å². The Morgan fingerprint density at radius 1 is 1.08 bits per heavy atom. The van der Waals surface area contributed by atoms with Gasteiger partial charge in [-0.05, 0) is 25.0 Å². The molecule has 0 radical (unpaired) electrons. The van der Waals surface area contributed by atoms with E-state index in [-0.39, 0.29) is 18.4 Å². The number of amides is 2. The Balaban J connectivity index is 2.08. The predicted molar refractivity (Wildman–Crippen MR) is 94.7 cm³/mol. The lowest BCUT2D eigenvalue weighted by Gasteiger charge is -2.10. The molecule has 0 bridgehead atoms. The SMILES string of the molecule is CCCNC(=O)Cn1c(CCCNC(=O)CC)nc2ccccc21. The molecule has 0 aliphatic carbocycles. The standard InChI is InChI=1S/C18H26N4O2/c1-3-11-19-18(24)13-22-15-9-6-5-8-14(15)21-16(22)10-7-12-20-17(23)4-2/h5-6,8-9H,3-4,7,10-13H2,1-2H3,(H,19,24)(H,20,23). The van der Waals surface area contributed by atoms with Gasteiger partial charge in [-0.3, -0.25) is 9.59 Å². The van der Waals surface area contributed by atoms with Gasteiger partial charge in [0.25, 0.3) is 0 Å². The molecule has 2 aromatic rings. The van der Waals surface area contributed by atoms with Crippen molar-refractivity contribution in [3.05, 3.63) is 30.1 Å². The normalized spacial score (nSPS) is 10.8. The second kappa shape index (κ2) is 9.05. The number of aryl methyl sites for hydroxylation is 1. The summed E-state index contributed by atoms with van der Waals surface area (Å²) in [6, 6.07) is 7.84. The summed E-state index contributed by atoms with van der Waals surface area (Å²) in [6.45, 7) is 5.45. The first-order chi connectivity index (χ1) is 11.7. The van der Waals surface area contributed by atoms with Crippen molar-refractivity contribution in [1.29, 1.82) is 0 Å². The van der Waals surface area contributed by atoms with Gasteiger partial charge in [-0.15, -0.1) is 0 Å². The minimum absolute atomic E-state index is 0.000499. The molecule has 2 rings (SSSR count). The fourth-order valence-corrected chi connectivity index (χ4v) is 2.56. The minimum Gasteiger partial charge on any atom is -0.356 e. The van der Waals surface area contributed by atoms with Crippen molar-refractivity contribution in [2.24, 2.45) is 0 Å². The number of carbonyl (C=O) groups excluding carboxylic acids is 2. The number of hydrogen-bond donors (Lipinski definition) is 2. The van der Waals surface area contributed by atoms with Gasteiger partial charge < -0.3 is 15.2 Å². The summed E-state index contributed by atoms with van der Waals surface area (Å²) in [5.74, 6) is 0.941. The number of aromatic nitrogens is 2. The van der Waals surface area contributed by atoms with Gasteiger partial charge in [-0.25, -0.2) is 4.98 Å². The van der Waals surface area contributed by atoms with Crippen molar-refractivity contribution in [2.45, 2.75) is 46.1 Å². The molecule has 6 nitrogen and oxygen atoms in total. The zero-order valence-electron chi connectivity index (χ0n) is 14.5. The topological polar surface area (TPSA) is 76.0 Å². The number of nitrogens with zero attached hydrogens (tertiary/aromatic N) is 2. The van der Waals surface area contributed by atoms with Crippen LogP contribution in [-0.4, -0.2) is 34.5 Å². The van der Waals surface area contributed by atoms with Crippen LogP contribution in [0.5, 0.6) is 0 Å². The maximum absolute atomic E-state index is 12.1. The Labute approximate surface area is 142 Å². The van der Waals surface area contributed by atoms with Gasteiger partial charge in [0.05, 0.1) is 11.0 Å². The maximum atomic E-state index is 12.1. The summed E-state index contributed by atoms with van der Waals surface area (Å²) in [7, 11) is 0. The fraction of sp³-hybridized carbons (Fsp3) is 0.500. The third-order valence-corrected chi connectivity index (χ3v) is 3.83. The van der Waals surface area contributed by atoms with E-state index in [1.165, 1.54) is 0 Å². The number of rotatable bonds is 9. The molecule has 2 amide bonds. The summed E-state index contributed by atoms with van der Waals surface area (Å²) >= 11 is 0. The molecule has 0 spiro atoms. The smallest absolute Gasteiger partial charge is 0.240 e. The highest BCUT2D eigenvalue weighted by molar-refractivity contribution is 5.81. The van der Waals surface area contributed by atoms with E-state index in [0.29, 0.717) is 19.5 Å². The summed E-state index contributed by atoms with van der Waals surface area (Å²) in [5, 5.41) is 5.78. The summed E-state index contributed by atoms with van der Waals surface area (Å²) in [4.78, 5) is 28.1. The van der Waals surface area contributed by atoms with Crippen LogP contribution in [0.2, 0.25) is 0 Å². The van der Waals surface area contributed by atoms with Gasteiger partial charge in [0.2, 0.25) is 11.8 Å². The van der Waals surface area contributed by atoms with Crippen LogP contribution in [0.15, 0.2) is 24.3 Å². The maximum Gasteiger partial charge on any atom is 0.240 e. The van der Waals surface area contributed by atoms with Gasteiger partial charge in [-0.1, -0.05) is 26.0 Å². The second-order valence-electron chi connectivity index (χ2n) is 5.76. The number of hydrogen-bond acceptors (Lipinski definition) is 3. The van der Waals surface area contributed by atoms with Crippen molar-refractivity contribution in [1.82, 2.24) is 20.2 Å². The van der Waals surface area contributed by atoms with Crippen molar-refractivity contribution >= 4 is 22.8 Å². The first-order valence-corrected chi connectivity index (χ1v) is 8.63. The molecule has 0 saturated heterocycles. The number of nitrogens with one attached hydrogen (secondary N) is 2. The predicted octanol–water partition coefficient (Wildman–Crippen LogP) is 2.02. The van der Waals surface area contributed by atoms with Crippen LogP contribution in [0, 0.1) is 0 Å². The number of benzene rings is 1. The zero-order chi connectivity index (χ0) is 17.4. The number of fused-ring (bicyclic) bond motifs is 1. The van der Waals surface area contributed by atoms with Gasteiger partial charge in [-0.2, -0.15) is 0 Å². The van der Waals surface area contributed by atoms with E-state index >= 15 is 0 Å². The minimum atomic E-state index is 0.000499. The van der Waals surface area contributed by atoms with Crippen LogP contribution in [0.4, 0.5) is 0 Å². The van der Waals surface area contributed by atoms with Crippen LogP contribution in [0.25, 0.3) is 11.0 Å². The third kappa shape index (κ3) is 4.81. The Morgan fingerprint density at radius 2 is 1.83 bits per heavy atom.